The molecule has 1 atom stereocenters. The SMILES string of the molecule is COCC1CCN(C(C)C(=O)c2ccc(C)c(C)c2)CC1. The molecular formula is C18H27NO2. The number of ketones is 1. The van der Waals surface area contributed by atoms with Crippen LogP contribution in [0.2, 0.25) is 0 Å². The molecule has 1 fully saturated rings. The van der Waals surface area contributed by atoms with Crippen molar-refractivity contribution in [2.24, 2.45) is 5.92 Å². The number of piperidine rings is 1. The Balaban J connectivity index is 1.98. The molecule has 1 aromatic carbocycles. The normalized spacial score (nSPS) is 18.7. The number of carbonyl (C=O) groups excluding carboxylic acids is 1. The minimum absolute atomic E-state index is 0.0319. The van der Waals surface area contributed by atoms with Crippen molar-refractivity contribution in [3.8, 4) is 0 Å². The molecule has 21 heavy (non-hydrogen) atoms. The number of aryl methyl sites for hydroxylation is 2. The molecule has 1 unspecified atom stereocenters. The van der Waals surface area contributed by atoms with Gasteiger partial charge in [0.2, 0.25) is 0 Å². The first-order valence-electron chi connectivity index (χ1n) is 7.87. The summed E-state index contributed by atoms with van der Waals surface area (Å²) in [5.41, 5.74) is 3.26. The quantitative estimate of drug-likeness (QED) is 0.779. The highest BCUT2D eigenvalue weighted by Crippen LogP contribution is 2.21. The Morgan fingerprint density at radius 2 is 1.95 bits per heavy atom. The predicted molar refractivity (Wildman–Crippen MR) is 85.9 cm³/mol. The minimum Gasteiger partial charge on any atom is -0.384 e. The average molecular weight is 289 g/mol. The topological polar surface area (TPSA) is 29.5 Å². The number of nitrogens with zero attached hydrogens (tertiary/aromatic N) is 1. The number of benzene rings is 1. The van der Waals surface area contributed by atoms with Gasteiger partial charge in [-0.15, -0.1) is 0 Å². The van der Waals surface area contributed by atoms with Crippen LogP contribution >= 0.6 is 0 Å². The van der Waals surface area contributed by atoms with E-state index in [2.05, 4.69) is 18.7 Å². The van der Waals surface area contributed by atoms with Crippen molar-refractivity contribution in [3.63, 3.8) is 0 Å². The summed E-state index contributed by atoms with van der Waals surface area (Å²) in [5.74, 6) is 0.887. The van der Waals surface area contributed by atoms with Gasteiger partial charge in [-0.05, 0) is 69.8 Å². The summed E-state index contributed by atoms with van der Waals surface area (Å²) >= 11 is 0. The summed E-state index contributed by atoms with van der Waals surface area (Å²) in [6.45, 7) is 9.00. The summed E-state index contributed by atoms with van der Waals surface area (Å²) in [6, 6.07) is 5.99. The van der Waals surface area contributed by atoms with Crippen LogP contribution in [0.4, 0.5) is 0 Å². The zero-order valence-electron chi connectivity index (χ0n) is 13.7. The largest absolute Gasteiger partial charge is 0.384 e. The summed E-state index contributed by atoms with van der Waals surface area (Å²) < 4.78 is 5.23. The number of ether oxygens (including phenoxy) is 1. The van der Waals surface area contributed by atoms with Crippen molar-refractivity contribution < 1.29 is 9.53 Å². The number of carbonyl (C=O) groups is 1. The summed E-state index contributed by atoms with van der Waals surface area (Å²) in [6.07, 6.45) is 2.25. The van der Waals surface area contributed by atoms with Crippen molar-refractivity contribution in [3.05, 3.63) is 34.9 Å². The molecule has 0 amide bonds. The first kappa shape index (κ1) is 16.2. The van der Waals surface area contributed by atoms with E-state index < -0.39 is 0 Å². The standard InChI is InChI=1S/C18H27NO2/c1-13-5-6-17(11-14(13)2)18(20)15(3)19-9-7-16(8-10-19)12-21-4/h5-6,11,15-16H,7-10,12H2,1-4H3. The van der Waals surface area contributed by atoms with Gasteiger partial charge in [-0.1, -0.05) is 12.1 Å². The zero-order chi connectivity index (χ0) is 15.4. The molecule has 1 aliphatic heterocycles. The van der Waals surface area contributed by atoms with E-state index in [1.54, 1.807) is 7.11 Å². The number of rotatable bonds is 5. The predicted octanol–water partition coefficient (Wildman–Crippen LogP) is 3.23. The van der Waals surface area contributed by atoms with Gasteiger partial charge in [-0.2, -0.15) is 0 Å². The van der Waals surface area contributed by atoms with Crippen LogP contribution in [-0.4, -0.2) is 43.5 Å². The van der Waals surface area contributed by atoms with Gasteiger partial charge in [0, 0.05) is 19.3 Å². The van der Waals surface area contributed by atoms with E-state index in [0.29, 0.717) is 5.92 Å². The lowest BCUT2D eigenvalue weighted by molar-refractivity contribution is 0.0661. The van der Waals surface area contributed by atoms with Crippen molar-refractivity contribution >= 4 is 5.78 Å². The molecule has 0 spiro atoms. The zero-order valence-corrected chi connectivity index (χ0v) is 13.7. The average Bonchev–Trinajstić information content (AvgIpc) is 2.50. The highest BCUT2D eigenvalue weighted by molar-refractivity contribution is 6.00. The first-order chi connectivity index (χ1) is 10.0. The Morgan fingerprint density at radius 1 is 1.29 bits per heavy atom. The lowest BCUT2D eigenvalue weighted by Gasteiger charge is -2.35. The first-order valence-corrected chi connectivity index (χ1v) is 7.87. The molecule has 3 nitrogen and oxygen atoms in total. The number of methoxy groups -OCH3 is 1. The highest BCUT2D eigenvalue weighted by atomic mass is 16.5. The fraction of sp³-hybridized carbons (Fsp3) is 0.611. The second kappa shape index (κ2) is 7.19. The molecule has 0 aromatic heterocycles. The molecule has 3 heteroatoms. The number of hydrogen-bond acceptors (Lipinski definition) is 3. The Hall–Kier alpha value is -1.19. The third kappa shape index (κ3) is 3.92. The van der Waals surface area contributed by atoms with Crippen LogP contribution in [0.5, 0.6) is 0 Å². The summed E-state index contributed by atoms with van der Waals surface area (Å²) in [5, 5.41) is 0. The van der Waals surface area contributed by atoms with Crippen LogP contribution in [0.25, 0.3) is 0 Å². The van der Waals surface area contributed by atoms with E-state index in [0.717, 1.165) is 38.1 Å². The Kier molecular flexibility index (Phi) is 5.54. The van der Waals surface area contributed by atoms with Crippen LogP contribution < -0.4 is 0 Å². The van der Waals surface area contributed by atoms with Crippen LogP contribution in [0.3, 0.4) is 0 Å². The summed E-state index contributed by atoms with van der Waals surface area (Å²) in [7, 11) is 1.76. The minimum atomic E-state index is -0.0319. The van der Waals surface area contributed by atoms with Gasteiger partial charge in [0.15, 0.2) is 5.78 Å². The number of hydrogen-bond donors (Lipinski definition) is 0. The van der Waals surface area contributed by atoms with Gasteiger partial charge >= 0.3 is 0 Å². The molecule has 1 aliphatic rings. The Morgan fingerprint density at radius 3 is 2.52 bits per heavy atom. The van der Waals surface area contributed by atoms with E-state index >= 15 is 0 Å². The number of Topliss-reactive ketones (excluding diaryl/α,β-unsaturated/α-hetero) is 1. The van der Waals surface area contributed by atoms with Gasteiger partial charge in [-0.3, -0.25) is 9.69 Å². The highest BCUT2D eigenvalue weighted by Gasteiger charge is 2.27. The molecule has 0 aliphatic carbocycles. The molecule has 1 aromatic rings. The van der Waals surface area contributed by atoms with E-state index in [-0.39, 0.29) is 11.8 Å². The molecule has 1 saturated heterocycles. The van der Waals surface area contributed by atoms with E-state index in [9.17, 15) is 4.79 Å². The molecule has 0 N–H and O–H groups in total. The van der Waals surface area contributed by atoms with Crippen LogP contribution in [0.15, 0.2) is 18.2 Å². The van der Waals surface area contributed by atoms with E-state index in [1.165, 1.54) is 11.1 Å². The second-order valence-corrected chi connectivity index (χ2v) is 6.27. The van der Waals surface area contributed by atoms with Gasteiger partial charge in [0.1, 0.15) is 0 Å². The Labute approximate surface area is 128 Å². The van der Waals surface area contributed by atoms with Gasteiger partial charge in [0.25, 0.3) is 0 Å². The maximum atomic E-state index is 12.6. The molecule has 116 valence electrons. The third-order valence-electron chi connectivity index (χ3n) is 4.77. The lowest BCUT2D eigenvalue weighted by atomic mass is 9.94. The Bertz CT molecular complexity index is 490. The van der Waals surface area contributed by atoms with Crippen molar-refractivity contribution in [1.29, 1.82) is 0 Å². The maximum absolute atomic E-state index is 12.6. The van der Waals surface area contributed by atoms with E-state index in [4.69, 9.17) is 4.74 Å². The molecular weight excluding hydrogens is 262 g/mol. The van der Waals surface area contributed by atoms with E-state index in [1.807, 2.05) is 25.1 Å². The monoisotopic (exact) mass is 289 g/mol. The molecule has 1 heterocycles. The third-order valence-corrected chi connectivity index (χ3v) is 4.77. The fourth-order valence-corrected chi connectivity index (χ4v) is 3.04. The number of likely N-dealkylation sites (tertiary alicyclic amines) is 1. The van der Waals surface area contributed by atoms with Crippen LogP contribution in [0.1, 0.15) is 41.3 Å². The maximum Gasteiger partial charge on any atom is 0.179 e. The van der Waals surface area contributed by atoms with Crippen molar-refractivity contribution in [2.45, 2.75) is 39.7 Å². The van der Waals surface area contributed by atoms with Gasteiger partial charge in [0.05, 0.1) is 6.04 Å². The lowest BCUT2D eigenvalue weighted by Crippen LogP contribution is -2.44. The smallest absolute Gasteiger partial charge is 0.179 e. The molecule has 2 rings (SSSR count). The second-order valence-electron chi connectivity index (χ2n) is 6.27. The van der Waals surface area contributed by atoms with Gasteiger partial charge in [-0.25, -0.2) is 0 Å². The van der Waals surface area contributed by atoms with Crippen LogP contribution in [-0.2, 0) is 4.74 Å². The molecule has 0 radical (unpaired) electrons. The summed E-state index contributed by atoms with van der Waals surface area (Å²) in [4.78, 5) is 15.0. The van der Waals surface area contributed by atoms with Crippen molar-refractivity contribution in [1.82, 2.24) is 4.90 Å². The van der Waals surface area contributed by atoms with Gasteiger partial charge < -0.3 is 4.74 Å². The van der Waals surface area contributed by atoms with Crippen molar-refractivity contribution in [2.75, 3.05) is 26.8 Å². The molecule has 0 saturated carbocycles. The molecule has 0 bridgehead atoms. The van der Waals surface area contributed by atoms with Crippen LogP contribution in [0, 0.1) is 19.8 Å². The fourth-order valence-electron chi connectivity index (χ4n) is 3.04.